The Balaban J connectivity index is 1.98. The van der Waals surface area contributed by atoms with E-state index in [0.29, 0.717) is 5.69 Å². The summed E-state index contributed by atoms with van der Waals surface area (Å²) < 4.78 is 0. The zero-order valence-corrected chi connectivity index (χ0v) is 6.97. The van der Waals surface area contributed by atoms with Crippen LogP contribution >= 0.6 is 0 Å². The van der Waals surface area contributed by atoms with Gasteiger partial charge in [-0.3, -0.25) is 4.79 Å². The molecule has 0 spiro atoms. The zero-order chi connectivity index (χ0) is 9.26. The molecule has 0 saturated heterocycles. The van der Waals surface area contributed by atoms with Gasteiger partial charge in [-0.05, 0) is 12.5 Å². The van der Waals surface area contributed by atoms with E-state index in [9.17, 15) is 4.79 Å². The number of hydrogen-bond acceptors (Lipinski definition) is 4. The molecular formula is C8H10N4O. The van der Waals surface area contributed by atoms with Gasteiger partial charge in [-0.25, -0.2) is 9.97 Å². The van der Waals surface area contributed by atoms with Crippen molar-refractivity contribution in [1.29, 1.82) is 0 Å². The maximum Gasteiger partial charge on any atom is 0.270 e. The van der Waals surface area contributed by atoms with Crippen LogP contribution in [-0.4, -0.2) is 28.0 Å². The standard InChI is InChI=1S/C8H10N4O/c9-5-3-7(5)12-8(13)6-1-2-10-4-11-6/h1-2,4-5,7H,3,9H2,(H,12,13). The molecule has 68 valence electrons. The molecule has 0 aromatic carbocycles. The first-order valence-electron chi connectivity index (χ1n) is 4.10. The fourth-order valence-corrected chi connectivity index (χ4v) is 1.05. The summed E-state index contributed by atoms with van der Waals surface area (Å²) in [6.45, 7) is 0. The van der Waals surface area contributed by atoms with Crippen LogP contribution in [0.4, 0.5) is 0 Å². The molecule has 5 nitrogen and oxygen atoms in total. The third-order valence-corrected chi connectivity index (χ3v) is 1.97. The second-order valence-electron chi connectivity index (χ2n) is 3.07. The molecule has 3 N–H and O–H groups in total. The van der Waals surface area contributed by atoms with Gasteiger partial charge in [-0.15, -0.1) is 0 Å². The first-order valence-corrected chi connectivity index (χ1v) is 4.10. The fraction of sp³-hybridized carbons (Fsp3) is 0.375. The number of hydrogen-bond donors (Lipinski definition) is 2. The molecule has 2 unspecified atom stereocenters. The molecule has 5 heteroatoms. The van der Waals surface area contributed by atoms with E-state index in [2.05, 4.69) is 15.3 Å². The van der Waals surface area contributed by atoms with Crippen molar-refractivity contribution in [2.45, 2.75) is 18.5 Å². The van der Waals surface area contributed by atoms with E-state index in [1.807, 2.05) is 0 Å². The number of rotatable bonds is 2. The van der Waals surface area contributed by atoms with Gasteiger partial charge in [0.15, 0.2) is 0 Å². The minimum absolute atomic E-state index is 0.116. The molecule has 0 aliphatic heterocycles. The van der Waals surface area contributed by atoms with Gasteiger partial charge in [0, 0.05) is 18.3 Å². The van der Waals surface area contributed by atoms with Gasteiger partial charge in [-0.1, -0.05) is 0 Å². The maximum atomic E-state index is 11.4. The molecule has 2 atom stereocenters. The van der Waals surface area contributed by atoms with Gasteiger partial charge in [0.1, 0.15) is 12.0 Å². The van der Waals surface area contributed by atoms with E-state index >= 15 is 0 Å². The van der Waals surface area contributed by atoms with Crippen molar-refractivity contribution in [3.05, 3.63) is 24.3 Å². The Morgan fingerprint density at radius 2 is 2.46 bits per heavy atom. The molecule has 2 rings (SSSR count). The van der Waals surface area contributed by atoms with Crippen LogP contribution in [-0.2, 0) is 0 Å². The fourth-order valence-electron chi connectivity index (χ4n) is 1.05. The van der Waals surface area contributed by atoms with Crippen LogP contribution in [0.25, 0.3) is 0 Å². The van der Waals surface area contributed by atoms with Crippen LogP contribution in [0.3, 0.4) is 0 Å². The van der Waals surface area contributed by atoms with E-state index in [1.165, 1.54) is 12.5 Å². The van der Waals surface area contributed by atoms with Gasteiger partial charge in [0.2, 0.25) is 0 Å². The molecular weight excluding hydrogens is 168 g/mol. The number of carbonyl (C=O) groups is 1. The maximum absolute atomic E-state index is 11.4. The highest BCUT2D eigenvalue weighted by Gasteiger charge is 2.34. The first-order chi connectivity index (χ1) is 6.27. The Kier molecular flexibility index (Phi) is 1.94. The van der Waals surface area contributed by atoms with Gasteiger partial charge >= 0.3 is 0 Å². The number of amides is 1. The van der Waals surface area contributed by atoms with Gasteiger partial charge in [0.25, 0.3) is 5.91 Å². The monoisotopic (exact) mass is 178 g/mol. The summed E-state index contributed by atoms with van der Waals surface area (Å²) in [6.07, 6.45) is 3.74. The molecule has 1 amide bonds. The van der Waals surface area contributed by atoms with Gasteiger partial charge in [-0.2, -0.15) is 0 Å². The smallest absolute Gasteiger partial charge is 0.270 e. The summed E-state index contributed by atoms with van der Waals surface area (Å²) in [5.41, 5.74) is 5.93. The third kappa shape index (κ3) is 1.81. The lowest BCUT2D eigenvalue weighted by molar-refractivity contribution is 0.0945. The molecule has 1 saturated carbocycles. The minimum atomic E-state index is -0.180. The van der Waals surface area contributed by atoms with E-state index < -0.39 is 0 Å². The zero-order valence-electron chi connectivity index (χ0n) is 6.97. The van der Waals surface area contributed by atoms with Crippen molar-refractivity contribution in [1.82, 2.24) is 15.3 Å². The quantitative estimate of drug-likeness (QED) is 0.627. The number of nitrogens with zero attached hydrogens (tertiary/aromatic N) is 2. The van der Waals surface area contributed by atoms with Crippen molar-refractivity contribution < 1.29 is 4.79 Å². The van der Waals surface area contributed by atoms with Crippen LogP contribution in [0.5, 0.6) is 0 Å². The number of nitrogens with two attached hydrogens (primary N) is 1. The molecule has 0 bridgehead atoms. The SMILES string of the molecule is NC1CC1NC(=O)c1ccncn1. The number of nitrogens with one attached hydrogen (secondary N) is 1. The largest absolute Gasteiger partial charge is 0.346 e. The topological polar surface area (TPSA) is 80.9 Å². The molecule has 1 aliphatic carbocycles. The summed E-state index contributed by atoms with van der Waals surface area (Å²) in [7, 11) is 0. The van der Waals surface area contributed by atoms with Crippen LogP contribution in [0.15, 0.2) is 18.6 Å². The lowest BCUT2D eigenvalue weighted by atomic mass is 10.4. The summed E-state index contributed by atoms with van der Waals surface area (Å²) in [5, 5.41) is 2.77. The molecule has 1 aliphatic rings. The summed E-state index contributed by atoms with van der Waals surface area (Å²) >= 11 is 0. The summed E-state index contributed by atoms with van der Waals surface area (Å²) in [4.78, 5) is 18.9. The van der Waals surface area contributed by atoms with Crippen LogP contribution in [0.2, 0.25) is 0 Å². The first kappa shape index (κ1) is 8.12. The minimum Gasteiger partial charge on any atom is -0.346 e. The Bertz CT molecular complexity index is 313. The summed E-state index contributed by atoms with van der Waals surface area (Å²) in [5.74, 6) is -0.180. The van der Waals surface area contributed by atoms with Crippen LogP contribution in [0, 0.1) is 0 Å². The molecule has 13 heavy (non-hydrogen) atoms. The normalized spacial score (nSPS) is 25.3. The van der Waals surface area contributed by atoms with E-state index in [-0.39, 0.29) is 18.0 Å². The Morgan fingerprint density at radius 3 is 3.00 bits per heavy atom. The molecule has 1 fully saturated rings. The average Bonchev–Trinajstić information content (AvgIpc) is 2.83. The van der Waals surface area contributed by atoms with Crippen molar-refractivity contribution in [2.75, 3.05) is 0 Å². The van der Waals surface area contributed by atoms with Crippen molar-refractivity contribution in [3.8, 4) is 0 Å². The van der Waals surface area contributed by atoms with Crippen LogP contribution < -0.4 is 11.1 Å². The Hall–Kier alpha value is -1.49. The number of carbonyl (C=O) groups excluding carboxylic acids is 1. The predicted molar refractivity (Wildman–Crippen MR) is 45.9 cm³/mol. The molecule has 1 heterocycles. The Labute approximate surface area is 75.4 Å². The second-order valence-corrected chi connectivity index (χ2v) is 3.07. The molecule has 0 radical (unpaired) electrons. The van der Waals surface area contributed by atoms with E-state index in [0.717, 1.165) is 6.42 Å². The highest BCUT2D eigenvalue weighted by molar-refractivity contribution is 5.92. The lowest BCUT2D eigenvalue weighted by Crippen LogP contribution is -2.30. The van der Waals surface area contributed by atoms with Gasteiger partial charge in [0.05, 0.1) is 0 Å². The Morgan fingerprint density at radius 1 is 1.69 bits per heavy atom. The average molecular weight is 178 g/mol. The van der Waals surface area contributed by atoms with Crippen molar-refractivity contribution in [3.63, 3.8) is 0 Å². The van der Waals surface area contributed by atoms with Crippen molar-refractivity contribution in [2.24, 2.45) is 5.73 Å². The highest BCUT2D eigenvalue weighted by atomic mass is 16.2. The third-order valence-electron chi connectivity index (χ3n) is 1.97. The van der Waals surface area contributed by atoms with E-state index in [4.69, 9.17) is 5.73 Å². The highest BCUT2D eigenvalue weighted by Crippen LogP contribution is 2.17. The van der Waals surface area contributed by atoms with Gasteiger partial charge < -0.3 is 11.1 Å². The second kappa shape index (κ2) is 3.10. The summed E-state index contributed by atoms with van der Waals surface area (Å²) in [6, 6.07) is 1.82. The molecule has 1 aromatic heterocycles. The number of aromatic nitrogens is 2. The molecule has 1 aromatic rings. The van der Waals surface area contributed by atoms with Crippen LogP contribution in [0.1, 0.15) is 16.9 Å². The van der Waals surface area contributed by atoms with Crippen molar-refractivity contribution >= 4 is 5.91 Å². The lowest BCUT2D eigenvalue weighted by Gasteiger charge is -2.01. The predicted octanol–water partition coefficient (Wildman–Crippen LogP) is -0.694. The van der Waals surface area contributed by atoms with E-state index in [1.54, 1.807) is 6.07 Å².